The Morgan fingerprint density at radius 2 is 2.06 bits per heavy atom. The molecule has 0 bridgehead atoms. The van der Waals surface area contributed by atoms with Crippen molar-refractivity contribution in [1.82, 2.24) is 10.3 Å². The van der Waals surface area contributed by atoms with Crippen LogP contribution in [0.25, 0.3) is 17.0 Å². The van der Waals surface area contributed by atoms with Crippen molar-refractivity contribution in [2.24, 2.45) is 0 Å². The van der Waals surface area contributed by atoms with Crippen LogP contribution in [0.1, 0.15) is 25.8 Å². The average Bonchev–Trinajstić information content (AvgIpc) is 2.38. The first kappa shape index (κ1) is 12.8. The second kappa shape index (κ2) is 6.31. The second-order valence-corrected chi connectivity index (χ2v) is 4.72. The molecule has 1 heterocycles. The fourth-order valence-corrected chi connectivity index (χ4v) is 1.93. The second-order valence-electron chi connectivity index (χ2n) is 4.72. The molecule has 2 aromatic rings. The summed E-state index contributed by atoms with van der Waals surface area (Å²) in [7, 11) is 0. The van der Waals surface area contributed by atoms with Gasteiger partial charge in [0.2, 0.25) is 0 Å². The summed E-state index contributed by atoms with van der Waals surface area (Å²) >= 11 is 0. The summed E-state index contributed by atoms with van der Waals surface area (Å²) < 4.78 is 0. The number of para-hydroxylation sites is 1. The van der Waals surface area contributed by atoms with Gasteiger partial charge in [0.15, 0.2) is 0 Å². The number of rotatable bonds is 5. The van der Waals surface area contributed by atoms with Gasteiger partial charge in [0, 0.05) is 23.2 Å². The number of fused-ring (bicyclic) bond motifs is 1. The molecule has 0 aliphatic heterocycles. The highest BCUT2D eigenvalue weighted by atomic mass is 14.9. The highest BCUT2D eigenvalue weighted by molar-refractivity contribution is 5.86. The molecule has 0 radical (unpaired) electrons. The molecule has 0 aliphatic carbocycles. The van der Waals surface area contributed by atoms with Crippen molar-refractivity contribution < 1.29 is 0 Å². The lowest BCUT2D eigenvalue weighted by Crippen LogP contribution is -2.23. The quantitative estimate of drug-likeness (QED) is 0.807. The Balaban J connectivity index is 2.05. The Hall–Kier alpha value is -1.67. The summed E-state index contributed by atoms with van der Waals surface area (Å²) in [6.45, 7) is 5.35. The fraction of sp³-hybridized carbons (Fsp3) is 0.312. The summed E-state index contributed by atoms with van der Waals surface area (Å²) in [6.07, 6.45) is 7.26. The Kier molecular flexibility index (Phi) is 4.48. The summed E-state index contributed by atoms with van der Waals surface area (Å²) in [5, 5.41) is 4.60. The lowest BCUT2D eigenvalue weighted by atomic mass is 10.1. The summed E-state index contributed by atoms with van der Waals surface area (Å²) in [4.78, 5) is 4.44. The summed E-state index contributed by atoms with van der Waals surface area (Å²) in [6, 6.07) is 10.9. The molecule has 0 amide bonds. The molecule has 1 aromatic heterocycles. The van der Waals surface area contributed by atoms with Crippen molar-refractivity contribution in [3.63, 3.8) is 0 Å². The fourth-order valence-electron chi connectivity index (χ4n) is 1.93. The van der Waals surface area contributed by atoms with E-state index in [2.05, 4.69) is 60.6 Å². The highest BCUT2D eigenvalue weighted by Gasteiger charge is 1.97. The number of benzene rings is 1. The predicted octanol–water partition coefficient (Wildman–Crippen LogP) is 3.64. The van der Waals surface area contributed by atoms with Crippen LogP contribution >= 0.6 is 0 Å². The third-order valence-electron chi connectivity index (χ3n) is 2.82. The van der Waals surface area contributed by atoms with E-state index >= 15 is 0 Å². The van der Waals surface area contributed by atoms with Gasteiger partial charge in [-0.2, -0.15) is 0 Å². The zero-order valence-corrected chi connectivity index (χ0v) is 11.1. The van der Waals surface area contributed by atoms with Crippen LogP contribution in [0.4, 0.5) is 0 Å². The zero-order valence-electron chi connectivity index (χ0n) is 11.1. The Bertz CT molecular complexity index is 524. The molecule has 2 rings (SSSR count). The molecule has 0 unspecified atom stereocenters. The van der Waals surface area contributed by atoms with Crippen molar-refractivity contribution in [3.05, 3.63) is 48.2 Å². The Morgan fingerprint density at radius 3 is 2.89 bits per heavy atom. The SMILES string of the molecule is CC(C)NCC/C=C/c1cccc2cccnc12. The van der Waals surface area contributed by atoms with Gasteiger partial charge in [0.1, 0.15) is 0 Å². The van der Waals surface area contributed by atoms with Gasteiger partial charge in [0.05, 0.1) is 5.52 Å². The van der Waals surface area contributed by atoms with Gasteiger partial charge >= 0.3 is 0 Å². The molecule has 0 fully saturated rings. The molecule has 0 atom stereocenters. The van der Waals surface area contributed by atoms with E-state index < -0.39 is 0 Å². The van der Waals surface area contributed by atoms with E-state index in [-0.39, 0.29) is 0 Å². The highest BCUT2D eigenvalue weighted by Crippen LogP contribution is 2.17. The Labute approximate surface area is 109 Å². The topological polar surface area (TPSA) is 24.9 Å². The molecule has 0 saturated heterocycles. The van der Waals surface area contributed by atoms with Crippen LogP contribution in [-0.2, 0) is 0 Å². The van der Waals surface area contributed by atoms with Crippen LogP contribution in [0, 0.1) is 0 Å². The lowest BCUT2D eigenvalue weighted by molar-refractivity contribution is 0.595. The van der Waals surface area contributed by atoms with Gasteiger partial charge in [-0.15, -0.1) is 0 Å². The molecule has 2 nitrogen and oxygen atoms in total. The molecule has 94 valence electrons. The predicted molar refractivity (Wildman–Crippen MR) is 78.5 cm³/mol. The monoisotopic (exact) mass is 240 g/mol. The molecular formula is C16H20N2. The normalized spacial score (nSPS) is 11.7. The van der Waals surface area contributed by atoms with E-state index in [1.165, 1.54) is 10.9 Å². The largest absolute Gasteiger partial charge is 0.314 e. The van der Waals surface area contributed by atoms with Gasteiger partial charge in [0.25, 0.3) is 0 Å². The van der Waals surface area contributed by atoms with E-state index in [9.17, 15) is 0 Å². The lowest BCUT2D eigenvalue weighted by Gasteiger charge is -2.05. The maximum atomic E-state index is 4.44. The number of nitrogens with zero attached hydrogens (tertiary/aromatic N) is 1. The van der Waals surface area contributed by atoms with Crippen LogP contribution in [0.5, 0.6) is 0 Å². The standard InChI is InChI=1S/C16H20N2/c1-13(2)17-11-4-3-7-14-8-5-9-15-10-6-12-18-16(14)15/h3,5-10,12-13,17H,4,11H2,1-2H3/b7-3+. The third kappa shape index (κ3) is 3.41. The van der Waals surface area contributed by atoms with Crippen LogP contribution < -0.4 is 5.32 Å². The van der Waals surface area contributed by atoms with E-state index in [4.69, 9.17) is 0 Å². The zero-order chi connectivity index (χ0) is 12.8. The molecule has 2 heteroatoms. The molecule has 1 aromatic carbocycles. The van der Waals surface area contributed by atoms with Crippen LogP contribution in [0.2, 0.25) is 0 Å². The maximum Gasteiger partial charge on any atom is 0.0774 e. The summed E-state index contributed by atoms with van der Waals surface area (Å²) in [5.41, 5.74) is 2.27. The average molecular weight is 240 g/mol. The van der Waals surface area contributed by atoms with Gasteiger partial charge in [-0.25, -0.2) is 0 Å². The number of hydrogen-bond acceptors (Lipinski definition) is 2. The van der Waals surface area contributed by atoms with Gasteiger partial charge in [-0.3, -0.25) is 4.98 Å². The number of aromatic nitrogens is 1. The number of pyridine rings is 1. The van der Waals surface area contributed by atoms with Crippen molar-refractivity contribution in [2.75, 3.05) is 6.54 Å². The van der Waals surface area contributed by atoms with Gasteiger partial charge in [-0.05, 0) is 19.0 Å². The first-order valence-corrected chi connectivity index (χ1v) is 6.51. The van der Waals surface area contributed by atoms with E-state index in [1.54, 1.807) is 0 Å². The van der Waals surface area contributed by atoms with E-state index in [0.717, 1.165) is 18.5 Å². The Morgan fingerprint density at radius 1 is 1.22 bits per heavy atom. The van der Waals surface area contributed by atoms with Crippen molar-refractivity contribution >= 4 is 17.0 Å². The van der Waals surface area contributed by atoms with Crippen molar-refractivity contribution in [3.8, 4) is 0 Å². The molecule has 1 N–H and O–H groups in total. The van der Waals surface area contributed by atoms with Crippen molar-refractivity contribution in [1.29, 1.82) is 0 Å². The first-order valence-electron chi connectivity index (χ1n) is 6.51. The third-order valence-corrected chi connectivity index (χ3v) is 2.82. The maximum absolute atomic E-state index is 4.44. The van der Waals surface area contributed by atoms with Gasteiger partial charge in [-0.1, -0.05) is 50.3 Å². The van der Waals surface area contributed by atoms with Crippen LogP contribution in [-0.4, -0.2) is 17.6 Å². The van der Waals surface area contributed by atoms with E-state index in [1.807, 2.05) is 12.3 Å². The van der Waals surface area contributed by atoms with Crippen LogP contribution in [0.3, 0.4) is 0 Å². The first-order chi connectivity index (χ1) is 8.77. The molecule has 18 heavy (non-hydrogen) atoms. The van der Waals surface area contributed by atoms with Gasteiger partial charge < -0.3 is 5.32 Å². The van der Waals surface area contributed by atoms with Crippen LogP contribution in [0.15, 0.2) is 42.6 Å². The molecule has 0 aliphatic rings. The minimum absolute atomic E-state index is 0.553. The minimum atomic E-state index is 0.553. The smallest absolute Gasteiger partial charge is 0.0774 e. The molecular weight excluding hydrogens is 220 g/mol. The number of nitrogens with one attached hydrogen (secondary N) is 1. The minimum Gasteiger partial charge on any atom is -0.314 e. The van der Waals surface area contributed by atoms with Crippen molar-refractivity contribution in [2.45, 2.75) is 26.3 Å². The number of hydrogen-bond donors (Lipinski definition) is 1. The van der Waals surface area contributed by atoms with E-state index in [0.29, 0.717) is 6.04 Å². The molecule has 0 spiro atoms. The molecule has 0 saturated carbocycles. The summed E-state index contributed by atoms with van der Waals surface area (Å²) in [5.74, 6) is 0.